The Bertz CT molecular complexity index is 569. The Kier molecular flexibility index (Phi) is 4.84. The molecule has 0 aliphatic heterocycles. The van der Waals surface area contributed by atoms with Gasteiger partial charge in [-0.3, -0.25) is 0 Å². The van der Waals surface area contributed by atoms with E-state index in [4.69, 9.17) is 10.5 Å². The molecule has 2 nitrogen and oxygen atoms in total. The normalized spacial score (nSPS) is 12.2. The van der Waals surface area contributed by atoms with Gasteiger partial charge in [0.25, 0.3) is 0 Å². The molecular formula is C17H20BrNO. The Morgan fingerprint density at radius 1 is 1.05 bits per heavy atom. The molecule has 2 aromatic rings. The number of hydrogen-bond donors (Lipinski definition) is 1. The molecule has 2 aromatic carbocycles. The van der Waals surface area contributed by atoms with Gasteiger partial charge in [-0.25, -0.2) is 0 Å². The summed E-state index contributed by atoms with van der Waals surface area (Å²) < 4.78 is 7.04. The van der Waals surface area contributed by atoms with Crippen LogP contribution in [0, 0.1) is 13.8 Å². The molecule has 0 unspecified atom stereocenters. The first-order valence-corrected chi connectivity index (χ1v) is 7.60. The minimum Gasteiger partial charge on any atom is -0.457 e. The topological polar surface area (TPSA) is 35.2 Å². The van der Waals surface area contributed by atoms with Crippen LogP contribution in [0.2, 0.25) is 0 Å². The van der Waals surface area contributed by atoms with Gasteiger partial charge in [0.05, 0.1) is 0 Å². The molecule has 0 bridgehead atoms. The fraction of sp³-hybridized carbons (Fsp3) is 0.294. The van der Waals surface area contributed by atoms with E-state index < -0.39 is 0 Å². The maximum absolute atomic E-state index is 6.01. The molecule has 0 saturated heterocycles. The van der Waals surface area contributed by atoms with E-state index in [0.717, 1.165) is 28.0 Å². The van der Waals surface area contributed by atoms with Crippen molar-refractivity contribution in [2.75, 3.05) is 0 Å². The zero-order valence-corrected chi connectivity index (χ0v) is 13.7. The van der Waals surface area contributed by atoms with Gasteiger partial charge in [-0.1, -0.05) is 35.0 Å². The maximum atomic E-state index is 6.01. The molecule has 3 heteroatoms. The number of benzene rings is 2. The van der Waals surface area contributed by atoms with Crippen molar-refractivity contribution in [3.05, 3.63) is 57.6 Å². The summed E-state index contributed by atoms with van der Waals surface area (Å²) in [6.45, 7) is 6.21. The SMILES string of the molecule is CC[C@H](N)c1ccc(Oc2cc(C)c(Br)c(C)c2)cc1. The molecule has 0 spiro atoms. The molecule has 2 N–H and O–H groups in total. The molecule has 0 amide bonds. The third-order valence-electron chi connectivity index (χ3n) is 3.39. The monoisotopic (exact) mass is 333 g/mol. The first-order chi connectivity index (χ1) is 9.51. The Morgan fingerprint density at radius 2 is 1.60 bits per heavy atom. The van der Waals surface area contributed by atoms with E-state index in [0.29, 0.717) is 0 Å². The summed E-state index contributed by atoms with van der Waals surface area (Å²) in [5.74, 6) is 1.69. The van der Waals surface area contributed by atoms with Gasteiger partial charge in [-0.05, 0) is 61.2 Å². The number of rotatable bonds is 4. The fourth-order valence-corrected chi connectivity index (χ4v) is 2.35. The number of halogens is 1. The van der Waals surface area contributed by atoms with E-state index in [1.54, 1.807) is 0 Å². The van der Waals surface area contributed by atoms with Gasteiger partial charge in [-0.2, -0.15) is 0 Å². The lowest BCUT2D eigenvalue weighted by molar-refractivity contribution is 0.481. The van der Waals surface area contributed by atoms with E-state index in [1.165, 1.54) is 11.1 Å². The highest BCUT2D eigenvalue weighted by Gasteiger charge is 2.06. The van der Waals surface area contributed by atoms with Crippen molar-refractivity contribution in [1.29, 1.82) is 0 Å². The molecule has 0 heterocycles. The van der Waals surface area contributed by atoms with Gasteiger partial charge in [0.1, 0.15) is 11.5 Å². The smallest absolute Gasteiger partial charge is 0.128 e. The zero-order valence-electron chi connectivity index (χ0n) is 12.1. The van der Waals surface area contributed by atoms with Gasteiger partial charge >= 0.3 is 0 Å². The Labute approximate surface area is 129 Å². The van der Waals surface area contributed by atoms with E-state index in [9.17, 15) is 0 Å². The van der Waals surface area contributed by atoms with Crippen LogP contribution in [0.3, 0.4) is 0 Å². The van der Waals surface area contributed by atoms with Crippen LogP contribution in [-0.2, 0) is 0 Å². The standard InChI is InChI=1S/C17H20BrNO/c1-4-16(19)13-5-7-14(8-6-13)20-15-9-11(2)17(18)12(3)10-15/h5-10,16H,4,19H2,1-3H3/t16-/m0/s1. The molecule has 0 aliphatic carbocycles. The van der Waals surface area contributed by atoms with E-state index in [2.05, 4.69) is 36.7 Å². The third kappa shape index (κ3) is 3.41. The van der Waals surface area contributed by atoms with Gasteiger partial charge < -0.3 is 10.5 Å². The predicted molar refractivity (Wildman–Crippen MR) is 87.4 cm³/mol. The largest absolute Gasteiger partial charge is 0.457 e. The third-order valence-corrected chi connectivity index (χ3v) is 4.64. The number of ether oxygens (including phenoxy) is 1. The number of nitrogens with two attached hydrogens (primary N) is 1. The molecule has 0 fully saturated rings. The Hall–Kier alpha value is -1.32. The highest BCUT2D eigenvalue weighted by Crippen LogP contribution is 2.30. The molecule has 0 radical (unpaired) electrons. The summed E-state index contributed by atoms with van der Waals surface area (Å²) in [6.07, 6.45) is 0.936. The molecule has 1 atom stereocenters. The van der Waals surface area contributed by atoms with Crippen LogP contribution in [0.5, 0.6) is 11.5 Å². The molecule has 20 heavy (non-hydrogen) atoms. The molecule has 0 aromatic heterocycles. The Morgan fingerprint density at radius 3 is 2.10 bits per heavy atom. The van der Waals surface area contributed by atoms with Gasteiger partial charge in [0.15, 0.2) is 0 Å². The second kappa shape index (κ2) is 6.42. The van der Waals surface area contributed by atoms with E-state index in [1.807, 2.05) is 36.4 Å². The first kappa shape index (κ1) is 15.1. The van der Waals surface area contributed by atoms with Gasteiger partial charge in [0, 0.05) is 10.5 Å². The van der Waals surface area contributed by atoms with Gasteiger partial charge in [-0.15, -0.1) is 0 Å². The average Bonchev–Trinajstić information content (AvgIpc) is 2.44. The van der Waals surface area contributed by atoms with Crippen molar-refractivity contribution in [3.8, 4) is 11.5 Å². The molecule has 0 aliphatic rings. The predicted octanol–water partition coefficient (Wildman–Crippen LogP) is 5.27. The summed E-state index contributed by atoms with van der Waals surface area (Å²) in [7, 11) is 0. The van der Waals surface area contributed by atoms with Crippen molar-refractivity contribution in [2.24, 2.45) is 5.73 Å². The van der Waals surface area contributed by atoms with Crippen molar-refractivity contribution in [2.45, 2.75) is 33.2 Å². The van der Waals surface area contributed by atoms with Crippen LogP contribution in [0.1, 0.15) is 36.1 Å². The van der Waals surface area contributed by atoms with Crippen LogP contribution < -0.4 is 10.5 Å². The lowest BCUT2D eigenvalue weighted by Crippen LogP contribution is -2.08. The zero-order chi connectivity index (χ0) is 14.7. The van der Waals surface area contributed by atoms with Crippen LogP contribution in [0.15, 0.2) is 40.9 Å². The van der Waals surface area contributed by atoms with Crippen LogP contribution >= 0.6 is 15.9 Å². The van der Waals surface area contributed by atoms with Crippen molar-refractivity contribution >= 4 is 15.9 Å². The summed E-state index contributed by atoms with van der Waals surface area (Å²) in [6, 6.07) is 12.2. The van der Waals surface area contributed by atoms with Crippen molar-refractivity contribution < 1.29 is 4.74 Å². The quantitative estimate of drug-likeness (QED) is 0.827. The van der Waals surface area contributed by atoms with Gasteiger partial charge in [0.2, 0.25) is 0 Å². The van der Waals surface area contributed by atoms with Crippen LogP contribution in [0.25, 0.3) is 0 Å². The average molecular weight is 334 g/mol. The van der Waals surface area contributed by atoms with Crippen LogP contribution in [-0.4, -0.2) is 0 Å². The summed E-state index contributed by atoms with van der Waals surface area (Å²) >= 11 is 3.56. The number of aryl methyl sites for hydroxylation is 2. The fourth-order valence-electron chi connectivity index (χ4n) is 2.12. The lowest BCUT2D eigenvalue weighted by atomic mass is 10.1. The first-order valence-electron chi connectivity index (χ1n) is 6.81. The molecular weight excluding hydrogens is 314 g/mol. The maximum Gasteiger partial charge on any atom is 0.128 e. The highest BCUT2D eigenvalue weighted by molar-refractivity contribution is 9.10. The minimum atomic E-state index is 0.0984. The second-order valence-electron chi connectivity index (χ2n) is 5.06. The van der Waals surface area contributed by atoms with Crippen molar-refractivity contribution in [3.63, 3.8) is 0 Å². The summed E-state index contributed by atoms with van der Waals surface area (Å²) in [4.78, 5) is 0. The summed E-state index contributed by atoms with van der Waals surface area (Å²) in [5, 5.41) is 0. The van der Waals surface area contributed by atoms with E-state index >= 15 is 0 Å². The van der Waals surface area contributed by atoms with Crippen LogP contribution in [0.4, 0.5) is 0 Å². The van der Waals surface area contributed by atoms with E-state index in [-0.39, 0.29) is 6.04 Å². The molecule has 106 valence electrons. The minimum absolute atomic E-state index is 0.0984. The molecule has 2 rings (SSSR count). The number of hydrogen-bond acceptors (Lipinski definition) is 2. The molecule has 0 saturated carbocycles. The summed E-state index contributed by atoms with van der Waals surface area (Å²) in [5.41, 5.74) is 9.49. The lowest BCUT2D eigenvalue weighted by Gasteiger charge is -2.12. The Balaban J connectivity index is 2.18. The second-order valence-corrected chi connectivity index (χ2v) is 5.85. The van der Waals surface area contributed by atoms with Crippen molar-refractivity contribution in [1.82, 2.24) is 0 Å². The highest BCUT2D eigenvalue weighted by atomic mass is 79.9.